The Kier molecular flexibility index (Phi) is 8.31. The molecule has 0 unspecified atom stereocenters. The summed E-state index contributed by atoms with van der Waals surface area (Å²) in [6, 6.07) is 8.74. The number of rotatable bonds is 12. The number of hydrogen-bond donors (Lipinski definition) is 0. The molecule has 1 aromatic heterocycles. The summed E-state index contributed by atoms with van der Waals surface area (Å²) >= 11 is 0. The van der Waals surface area contributed by atoms with Gasteiger partial charge in [-0.1, -0.05) is 31.4 Å². The number of aromatic nitrogens is 2. The van der Waals surface area contributed by atoms with Crippen LogP contribution in [0.2, 0.25) is 0 Å². The predicted octanol–water partition coefficient (Wildman–Crippen LogP) is 4.59. The van der Waals surface area contributed by atoms with Crippen molar-refractivity contribution in [1.82, 2.24) is 9.97 Å². The first-order valence-corrected chi connectivity index (χ1v) is 14.4. The van der Waals surface area contributed by atoms with E-state index in [0.29, 0.717) is 18.2 Å². The zero-order valence-corrected chi connectivity index (χ0v) is 21.3. The van der Waals surface area contributed by atoms with E-state index in [0.717, 1.165) is 23.8 Å². The summed E-state index contributed by atoms with van der Waals surface area (Å²) < 4.78 is 25.0. The van der Waals surface area contributed by atoms with Crippen molar-refractivity contribution in [3.05, 3.63) is 47.9 Å². The molecule has 2 aromatic rings. The standard InChI is InChI=1S/C27H35N3O4S/c1-20(31)6-5-15-35(33,34)24-13-11-21(12-14-24)16-26(32)25-17-27(29-19-28-25)30(18-22-9-10-22)23-7-3-2-4-8-23/h11-14,17,19,22-23H,2-10,15-16,18H2,1H3. The highest BCUT2D eigenvalue weighted by Crippen LogP contribution is 2.34. The molecule has 0 radical (unpaired) electrons. The average molecular weight is 498 g/mol. The number of sulfone groups is 1. The molecule has 2 aliphatic carbocycles. The predicted molar refractivity (Wildman–Crippen MR) is 135 cm³/mol. The van der Waals surface area contributed by atoms with Crippen molar-refractivity contribution >= 4 is 27.2 Å². The van der Waals surface area contributed by atoms with E-state index in [1.165, 1.54) is 70.3 Å². The van der Waals surface area contributed by atoms with E-state index in [9.17, 15) is 18.0 Å². The molecule has 8 heteroatoms. The number of ketones is 2. The maximum absolute atomic E-state index is 13.0. The van der Waals surface area contributed by atoms with Crippen LogP contribution in [0.15, 0.2) is 41.6 Å². The van der Waals surface area contributed by atoms with E-state index in [4.69, 9.17) is 0 Å². The van der Waals surface area contributed by atoms with Gasteiger partial charge in [0.15, 0.2) is 15.6 Å². The van der Waals surface area contributed by atoms with Crippen molar-refractivity contribution in [3.8, 4) is 0 Å². The molecule has 0 amide bonds. The normalized spacial score (nSPS) is 16.7. The maximum Gasteiger partial charge on any atom is 0.185 e. The fraction of sp³-hybridized carbons (Fsp3) is 0.556. The lowest BCUT2D eigenvalue weighted by Crippen LogP contribution is -2.39. The molecule has 0 aliphatic heterocycles. The molecule has 0 atom stereocenters. The van der Waals surface area contributed by atoms with Crippen molar-refractivity contribution in [2.45, 2.75) is 82.1 Å². The van der Waals surface area contributed by atoms with Gasteiger partial charge < -0.3 is 9.69 Å². The third kappa shape index (κ3) is 7.19. The quantitative estimate of drug-likeness (QED) is 0.396. The highest BCUT2D eigenvalue weighted by atomic mass is 32.2. The van der Waals surface area contributed by atoms with E-state index in [-0.39, 0.29) is 35.1 Å². The lowest BCUT2D eigenvalue weighted by atomic mass is 9.94. The van der Waals surface area contributed by atoms with Gasteiger partial charge in [-0.3, -0.25) is 4.79 Å². The SMILES string of the molecule is CC(=O)CCCS(=O)(=O)c1ccc(CC(=O)c2cc(N(CC3CC3)C3CCCCC3)ncn2)cc1. The summed E-state index contributed by atoms with van der Waals surface area (Å²) in [5, 5.41) is 0. The number of hydrogen-bond acceptors (Lipinski definition) is 7. The lowest BCUT2D eigenvalue weighted by molar-refractivity contribution is -0.117. The van der Waals surface area contributed by atoms with Gasteiger partial charge in [-0.05, 0) is 62.6 Å². The Bertz CT molecular complexity index is 1140. The minimum Gasteiger partial charge on any atom is -0.353 e. The zero-order chi connectivity index (χ0) is 24.8. The van der Waals surface area contributed by atoms with Crippen LogP contribution in [0, 0.1) is 5.92 Å². The van der Waals surface area contributed by atoms with Gasteiger partial charge in [-0.15, -0.1) is 0 Å². The van der Waals surface area contributed by atoms with Gasteiger partial charge in [0.25, 0.3) is 0 Å². The van der Waals surface area contributed by atoms with E-state index < -0.39 is 9.84 Å². The van der Waals surface area contributed by atoms with Crippen LogP contribution >= 0.6 is 0 Å². The Morgan fingerprint density at radius 1 is 1.00 bits per heavy atom. The maximum atomic E-state index is 13.0. The Hall–Kier alpha value is -2.61. The molecule has 7 nitrogen and oxygen atoms in total. The molecule has 0 saturated heterocycles. The van der Waals surface area contributed by atoms with E-state index in [1.54, 1.807) is 12.1 Å². The van der Waals surface area contributed by atoms with E-state index >= 15 is 0 Å². The van der Waals surface area contributed by atoms with Gasteiger partial charge >= 0.3 is 0 Å². The molecule has 2 saturated carbocycles. The highest BCUT2D eigenvalue weighted by Gasteiger charge is 2.30. The third-order valence-electron chi connectivity index (χ3n) is 6.99. The van der Waals surface area contributed by atoms with Crippen molar-refractivity contribution < 1.29 is 18.0 Å². The second kappa shape index (κ2) is 11.4. The number of carbonyl (C=O) groups excluding carboxylic acids is 2. The zero-order valence-electron chi connectivity index (χ0n) is 20.5. The van der Waals surface area contributed by atoms with Crippen LogP contribution < -0.4 is 4.90 Å². The van der Waals surface area contributed by atoms with Crippen LogP contribution in [0.25, 0.3) is 0 Å². The lowest BCUT2D eigenvalue weighted by Gasteiger charge is -2.35. The number of anilines is 1. The Morgan fingerprint density at radius 3 is 2.37 bits per heavy atom. The van der Waals surface area contributed by atoms with Crippen molar-refractivity contribution in [2.24, 2.45) is 5.92 Å². The molecule has 4 rings (SSSR count). The Labute approximate surface area is 208 Å². The molecule has 2 fully saturated rings. The number of benzene rings is 1. The second-order valence-electron chi connectivity index (χ2n) is 10.0. The molecule has 0 bridgehead atoms. The molecule has 0 N–H and O–H groups in total. The first-order valence-electron chi connectivity index (χ1n) is 12.7. The first kappa shape index (κ1) is 25.5. The van der Waals surface area contributed by atoms with Crippen LogP contribution in [0.4, 0.5) is 5.82 Å². The summed E-state index contributed by atoms with van der Waals surface area (Å²) in [5.41, 5.74) is 1.13. The molecule has 1 aromatic carbocycles. The molecule has 0 spiro atoms. The molecular weight excluding hydrogens is 462 g/mol. The van der Waals surface area contributed by atoms with Crippen molar-refractivity contribution in [2.75, 3.05) is 17.2 Å². The van der Waals surface area contributed by atoms with Crippen LogP contribution in [0.5, 0.6) is 0 Å². The van der Waals surface area contributed by atoms with Gasteiger partial charge in [0.2, 0.25) is 0 Å². The molecular formula is C27H35N3O4S. The van der Waals surface area contributed by atoms with Crippen molar-refractivity contribution in [3.63, 3.8) is 0 Å². The Morgan fingerprint density at radius 2 is 1.71 bits per heavy atom. The number of nitrogens with zero attached hydrogens (tertiary/aromatic N) is 3. The summed E-state index contributed by atoms with van der Waals surface area (Å²) in [6.45, 7) is 2.46. The minimum atomic E-state index is -3.45. The minimum absolute atomic E-state index is 0.0173. The number of carbonyl (C=O) groups is 2. The summed E-state index contributed by atoms with van der Waals surface area (Å²) in [5.74, 6) is 1.38. The van der Waals surface area contributed by atoms with Crippen LogP contribution in [0.3, 0.4) is 0 Å². The fourth-order valence-corrected chi connectivity index (χ4v) is 6.09. The van der Waals surface area contributed by atoms with Gasteiger partial charge in [0.1, 0.15) is 23.6 Å². The first-order chi connectivity index (χ1) is 16.8. The average Bonchev–Trinajstić information content (AvgIpc) is 3.67. The van der Waals surface area contributed by atoms with Crippen molar-refractivity contribution in [1.29, 1.82) is 0 Å². The van der Waals surface area contributed by atoms with Gasteiger partial charge in [0, 0.05) is 31.5 Å². The largest absolute Gasteiger partial charge is 0.353 e. The highest BCUT2D eigenvalue weighted by molar-refractivity contribution is 7.91. The fourth-order valence-electron chi connectivity index (χ4n) is 4.78. The third-order valence-corrected chi connectivity index (χ3v) is 8.81. The smallest absolute Gasteiger partial charge is 0.185 e. The molecule has 35 heavy (non-hydrogen) atoms. The van der Waals surface area contributed by atoms with E-state index in [2.05, 4.69) is 14.9 Å². The van der Waals surface area contributed by atoms with E-state index in [1.807, 2.05) is 6.07 Å². The van der Waals surface area contributed by atoms with Crippen LogP contribution in [-0.4, -0.2) is 48.3 Å². The van der Waals surface area contributed by atoms with Gasteiger partial charge in [0.05, 0.1) is 10.6 Å². The summed E-state index contributed by atoms with van der Waals surface area (Å²) in [6.07, 6.45) is 10.8. The molecule has 2 aliphatic rings. The Balaban J connectivity index is 1.42. The van der Waals surface area contributed by atoms with Gasteiger partial charge in [-0.25, -0.2) is 18.4 Å². The molecule has 1 heterocycles. The number of Topliss-reactive ketones (excluding diaryl/α,β-unsaturated/α-hetero) is 2. The summed E-state index contributed by atoms with van der Waals surface area (Å²) in [7, 11) is -3.45. The van der Waals surface area contributed by atoms with Crippen LogP contribution in [0.1, 0.15) is 80.8 Å². The molecule has 188 valence electrons. The topological polar surface area (TPSA) is 97.3 Å². The van der Waals surface area contributed by atoms with Crippen LogP contribution in [-0.2, 0) is 21.1 Å². The second-order valence-corrected chi connectivity index (χ2v) is 12.1. The monoisotopic (exact) mass is 497 g/mol. The summed E-state index contributed by atoms with van der Waals surface area (Å²) in [4.78, 5) is 35.5. The van der Waals surface area contributed by atoms with Gasteiger partial charge in [-0.2, -0.15) is 0 Å².